The minimum absolute atomic E-state index is 0.0491. The second-order valence-corrected chi connectivity index (χ2v) is 6.79. The minimum atomic E-state index is -3.58. The molecule has 6 heteroatoms. The van der Waals surface area contributed by atoms with E-state index in [2.05, 4.69) is 0 Å². The van der Waals surface area contributed by atoms with Gasteiger partial charge in [-0.1, -0.05) is 0 Å². The van der Waals surface area contributed by atoms with Gasteiger partial charge in [0, 0.05) is 12.0 Å². The van der Waals surface area contributed by atoms with Gasteiger partial charge in [-0.2, -0.15) is 0 Å². The summed E-state index contributed by atoms with van der Waals surface area (Å²) in [6.07, 6.45) is 1.63. The maximum Gasteiger partial charge on any atom is 0.185 e. The van der Waals surface area contributed by atoms with Crippen LogP contribution in [0.4, 0.5) is 0 Å². The van der Waals surface area contributed by atoms with Crippen LogP contribution in [-0.4, -0.2) is 33.2 Å². The molecule has 0 N–H and O–H groups in total. The fourth-order valence-electron chi connectivity index (χ4n) is 2.01. The Morgan fingerprint density at radius 3 is 2.53 bits per heavy atom. The van der Waals surface area contributed by atoms with E-state index in [4.69, 9.17) is 9.47 Å². The van der Waals surface area contributed by atoms with Crippen molar-refractivity contribution in [1.82, 2.24) is 0 Å². The largest absolute Gasteiger partial charge is 0.486 e. The first kappa shape index (κ1) is 12.5. The fourth-order valence-corrected chi connectivity index (χ4v) is 3.35. The summed E-state index contributed by atoms with van der Waals surface area (Å²) in [6.45, 7) is 0.858. The number of fused-ring (bicyclic) bond motifs is 1. The van der Waals surface area contributed by atoms with Crippen molar-refractivity contribution >= 4 is 15.6 Å². The molecule has 2 aliphatic rings. The fraction of sp³-hybridized carbons (Fsp3) is 0.462. The zero-order chi connectivity index (χ0) is 13.5. The van der Waals surface area contributed by atoms with E-state index < -0.39 is 15.6 Å². The molecular formula is C13H14O5S. The van der Waals surface area contributed by atoms with E-state index in [0.717, 1.165) is 12.8 Å². The molecule has 0 amide bonds. The van der Waals surface area contributed by atoms with E-state index in [9.17, 15) is 13.2 Å². The van der Waals surface area contributed by atoms with Crippen LogP contribution in [0.2, 0.25) is 0 Å². The molecule has 1 aliphatic heterocycles. The van der Waals surface area contributed by atoms with Gasteiger partial charge in [0.25, 0.3) is 0 Å². The number of carbonyl (C=O) groups is 1. The molecule has 0 radical (unpaired) electrons. The standard InChI is InChI=1S/C13H14O5S/c14-11(9-1-2-9)8-19(15,16)10-3-4-12-13(7-10)18-6-5-17-12/h3-4,7,9H,1-2,5-6,8H2. The highest BCUT2D eigenvalue weighted by molar-refractivity contribution is 7.92. The predicted octanol–water partition coefficient (Wildman–Crippen LogP) is 1.21. The average Bonchev–Trinajstić information content (AvgIpc) is 3.22. The quantitative estimate of drug-likeness (QED) is 0.830. The molecule has 0 atom stereocenters. The van der Waals surface area contributed by atoms with Gasteiger partial charge >= 0.3 is 0 Å². The van der Waals surface area contributed by atoms with E-state index in [1.54, 1.807) is 6.07 Å². The van der Waals surface area contributed by atoms with Crippen molar-refractivity contribution in [3.05, 3.63) is 18.2 Å². The Morgan fingerprint density at radius 2 is 1.84 bits per heavy atom. The molecule has 0 saturated heterocycles. The van der Waals surface area contributed by atoms with Crippen molar-refractivity contribution in [3.8, 4) is 11.5 Å². The lowest BCUT2D eigenvalue weighted by atomic mass is 10.3. The van der Waals surface area contributed by atoms with Crippen molar-refractivity contribution in [3.63, 3.8) is 0 Å². The molecule has 3 rings (SSSR count). The van der Waals surface area contributed by atoms with Gasteiger partial charge in [0.2, 0.25) is 0 Å². The van der Waals surface area contributed by atoms with E-state index >= 15 is 0 Å². The number of ketones is 1. The molecule has 1 fully saturated rings. The van der Waals surface area contributed by atoms with Crippen LogP contribution < -0.4 is 9.47 Å². The summed E-state index contributed by atoms with van der Waals surface area (Å²) >= 11 is 0. The molecule has 1 aromatic carbocycles. The summed E-state index contributed by atoms with van der Waals surface area (Å²) in [5.41, 5.74) is 0. The van der Waals surface area contributed by atoms with Crippen molar-refractivity contribution in [1.29, 1.82) is 0 Å². The van der Waals surface area contributed by atoms with Crippen LogP contribution in [0.1, 0.15) is 12.8 Å². The topological polar surface area (TPSA) is 69.7 Å². The van der Waals surface area contributed by atoms with Crippen LogP contribution in [-0.2, 0) is 14.6 Å². The molecule has 0 aromatic heterocycles. The highest BCUT2D eigenvalue weighted by Gasteiger charge is 2.33. The van der Waals surface area contributed by atoms with Crippen LogP contribution in [0, 0.1) is 5.92 Å². The van der Waals surface area contributed by atoms with Gasteiger partial charge in [-0.3, -0.25) is 4.79 Å². The third kappa shape index (κ3) is 2.58. The molecule has 1 saturated carbocycles. The highest BCUT2D eigenvalue weighted by Crippen LogP contribution is 2.34. The second-order valence-electron chi connectivity index (χ2n) is 4.81. The van der Waals surface area contributed by atoms with Gasteiger partial charge in [0.15, 0.2) is 27.1 Å². The second kappa shape index (κ2) is 4.52. The molecule has 0 bridgehead atoms. The summed E-state index contributed by atoms with van der Waals surface area (Å²) in [5, 5.41) is 0. The zero-order valence-corrected chi connectivity index (χ0v) is 11.1. The summed E-state index contributed by atoms with van der Waals surface area (Å²) in [7, 11) is -3.58. The molecule has 0 unspecified atom stereocenters. The van der Waals surface area contributed by atoms with Crippen molar-refractivity contribution in [2.24, 2.45) is 5.92 Å². The third-order valence-corrected chi connectivity index (χ3v) is 4.87. The van der Waals surface area contributed by atoms with E-state index in [1.807, 2.05) is 0 Å². The Morgan fingerprint density at radius 1 is 1.16 bits per heavy atom. The van der Waals surface area contributed by atoms with Crippen molar-refractivity contribution in [2.75, 3.05) is 19.0 Å². The number of Topliss-reactive ketones (excluding diaryl/α,β-unsaturated/α-hetero) is 1. The molecule has 1 aliphatic carbocycles. The van der Waals surface area contributed by atoms with Gasteiger partial charge in [-0.05, 0) is 25.0 Å². The maximum absolute atomic E-state index is 12.1. The molecular weight excluding hydrogens is 268 g/mol. The highest BCUT2D eigenvalue weighted by atomic mass is 32.2. The summed E-state index contributed by atoms with van der Waals surface area (Å²) in [6, 6.07) is 4.47. The number of rotatable bonds is 4. The van der Waals surface area contributed by atoms with Crippen LogP contribution in [0.25, 0.3) is 0 Å². The Kier molecular flexibility index (Phi) is 2.97. The molecule has 1 aromatic rings. The van der Waals surface area contributed by atoms with Crippen LogP contribution >= 0.6 is 0 Å². The Balaban J connectivity index is 1.85. The van der Waals surface area contributed by atoms with Crippen molar-refractivity contribution in [2.45, 2.75) is 17.7 Å². The van der Waals surface area contributed by atoms with Crippen LogP contribution in [0.15, 0.2) is 23.1 Å². The monoisotopic (exact) mass is 282 g/mol. The normalized spacial score (nSPS) is 18.1. The van der Waals surface area contributed by atoms with Crippen LogP contribution in [0.3, 0.4) is 0 Å². The smallest absolute Gasteiger partial charge is 0.185 e. The lowest BCUT2D eigenvalue weighted by Crippen LogP contribution is -2.19. The Hall–Kier alpha value is -1.56. The zero-order valence-electron chi connectivity index (χ0n) is 10.3. The number of benzene rings is 1. The first-order chi connectivity index (χ1) is 9.06. The number of sulfone groups is 1. The number of hydrogen-bond donors (Lipinski definition) is 0. The third-order valence-electron chi connectivity index (χ3n) is 3.24. The van der Waals surface area contributed by atoms with Crippen molar-refractivity contribution < 1.29 is 22.7 Å². The number of ether oxygens (including phenoxy) is 2. The van der Waals surface area contributed by atoms with Gasteiger partial charge < -0.3 is 9.47 Å². The van der Waals surface area contributed by atoms with Gasteiger partial charge in [-0.15, -0.1) is 0 Å². The minimum Gasteiger partial charge on any atom is -0.486 e. The number of carbonyl (C=O) groups excluding carboxylic acids is 1. The lowest BCUT2D eigenvalue weighted by molar-refractivity contribution is -0.117. The Labute approximate surface area is 111 Å². The van der Waals surface area contributed by atoms with Gasteiger partial charge in [-0.25, -0.2) is 8.42 Å². The van der Waals surface area contributed by atoms with Crippen LogP contribution in [0.5, 0.6) is 11.5 Å². The molecule has 102 valence electrons. The van der Waals surface area contributed by atoms with E-state index in [1.165, 1.54) is 12.1 Å². The predicted molar refractivity (Wildman–Crippen MR) is 67.2 cm³/mol. The lowest BCUT2D eigenvalue weighted by Gasteiger charge is -2.18. The maximum atomic E-state index is 12.1. The van der Waals surface area contributed by atoms with E-state index in [-0.39, 0.29) is 16.6 Å². The summed E-state index contributed by atoms with van der Waals surface area (Å²) in [5.74, 6) is 0.309. The van der Waals surface area contributed by atoms with E-state index in [0.29, 0.717) is 24.7 Å². The Bertz CT molecular complexity index is 616. The number of hydrogen-bond acceptors (Lipinski definition) is 5. The SMILES string of the molecule is O=C(CS(=O)(=O)c1ccc2c(c1)OCCO2)C1CC1. The molecule has 19 heavy (non-hydrogen) atoms. The summed E-state index contributed by atoms with van der Waals surface area (Å²) < 4.78 is 35.0. The molecule has 1 heterocycles. The molecule has 0 spiro atoms. The molecule has 5 nitrogen and oxygen atoms in total. The average molecular weight is 282 g/mol. The first-order valence-corrected chi connectivity index (χ1v) is 7.86. The van der Waals surface area contributed by atoms with Gasteiger partial charge in [0.1, 0.15) is 19.0 Å². The van der Waals surface area contributed by atoms with Gasteiger partial charge in [0.05, 0.1) is 4.90 Å². The first-order valence-electron chi connectivity index (χ1n) is 6.21. The summed E-state index contributed by atoms with van der Waals surface area (Å²) in [4.78, 5) is 11.8.